The monoisotopic (exact) mass is 354 g/mol. The third-order valence-corrected chi connectivity index (χ3v) is 4.54. The molecule has 25 heavy (non-hydrogen) atoms. The molecular formula is C16H14N6O2S. The maximum Gasteiger partial charge on any atom is 0.270 e. The van der Waals surface area contributed by atoms with E-state index in [0.29, 0.717) is 15.6 Å². The number of rotatable bonds is 5. The number of thiazole rings is 1. The summed E-state index contributed by atoms with van der Waals surface area (Å²) in [5, 5.41) is 3.38. The molecule has 0 saturated heterocycles. The van der Waals surface area contributed by atoms with Gasteiger partial charge in [0.1, 0.15) is 21.9 Å². The van der Waals surface area contributed by atoms with Crippen molar-refractivity contribution < 1.29 is 9.59 Å². The van der Waals surface area contributed by atoms with Crippen molar-refractivity contribution in [3.05, 3.63) is 58.7 Å². The fraction of sp³-hybridized carbons (Fsp3) is 0.125. The summed E-state index contributed by atoms with van der Waals surface area (Å²) in [5.41, 5.74) is 6.84. The number of carbonyl (C=O) groups is 2. The molecule has 3 aromatic heterocycles. The summed E-state index contributed by atoms with van der Waals surface area (Å²) >= 11 is 1.14. The zero-order valence-electron chi connectivity index (χ0n) is 13.2. The van der Waals surface area contributed by atoms with Gasteiger partial charge < -0.3 is 11.1 Å². The summed E-state index contributed by atoms with van der Waals surface area (Å²) in [6.45, 7) is 1.77. The molecule has 0 aliphatic carbocycles. The van der Waals surface area contributed by atoms with Crippen molar-refractivity contribution in [1.29, 1.82) is 0 Å². The Bertz CT molecular complexity index is 912. The fourth-order valence-electron chi connectivity index (χ4n) is 2.09. The van der Waals surface area contributed by atoms with Gasteiger partial charge >= 0.3 is 0 Å². The van der Waals surface area contributed by atoms with Gasteiger partial charge in [-0.1, -0.05) is 0 Å². The second-order valence-corrected chi connectivity index (χ2v) is 6.21. The number of aromatic nitrogens is 4. The SMILES string of the molecule is CC(NC(=O)c1cc(-c2cccnc2)ncn1)c1ncc(C(N)=O)s1. The van der Waals surface area contributed by atoms with Crippen LogP contribution in [0.2, 0.25) is 0 Å². The van der Waals surface area contributed by atoms with E-state index in [1.165, 1.54) is 12.5 Å². The summed E-state index contributed by atoms with van der Waals surface area (Å²) in [7, 11) is 0. The van der Waals surface area contributed by atoms with E-state index in [1.807, 2.05) is 6.07 Å². The lowest BCUT2D eigenvalue weighted by molar-refractivity contribution is 0.0933. The average molecular weight is 354 g/mol. The number of hydrogen-bond donors (Lipinski definition) is 2. The largest absolute Gasteiger partial charge is 0.365 e. The third kappa shape index (κ3) is 3.83. The minimum atomic E-state index is -0.542. The topological polar surface area (TPSA) is 124 Å². The van der Waals surface area contributed by atoms with Gasteiger partial charge in [-0.2, -0.15) is 0 Å². The summed E-state index contributed by atoms with van der Waals surface area (Å²) < 4.78 is 0. The first kappa shape index (κ1) is 16.7. The number of amides is 2. The molecule has 3 N–H and O–H groups in total. The van der Waals surface area contributed by atoms with Crippen LogP contribution in [0, 0.1) is 0 Å². The average Bonchev–Trinajstić information content (AvgIpc) is 3.13. The second-order valence-electron chi connectivity index (χ2n) is 5.15. The molecule has 126 valence electrons. The summed E-state index contributed by atoms with van der Waals surface area (Å²) in [6, 6.07) is 4.84. The van der Waals surface area contributed by atoms with Gasteiger partial charge in [0.2, 0.25) is 0 Å². The van der Waals surface area contributed by atoms with Crippen molar-refractivity contribution >= 4 is 23.2 Å². The molecule has 1 atom stereocenters. The first-order chi connectivity index (χ1) is 12.0. The highest BCUT2D eigenvalue weighted by Crippen LogP contribution is 2.20. The van der Waals surface area contributed by atoms with E-state index in [2.05, 4.69) is 25.3 Å². The maximum absolute atomic E-state index is 12.4. The molecule has 1 unspecified atom stereocenters. The number of nitrogens with two attached hydrogens (primary N) is 1. The molecule has 3 rings (SSSR count). The summed E-state index contributed by atoms with van der Waals surface area (Å²) in [5.74, 6) is -0.907. The summed E-state index contributed by atoms with van der Waals surface area (Å²) in [4.78, 5) is 40.2. The van der Waals surface area contributed by atoms with Crippen LogP contribution in [0.4, 0.5) is 0 Å². The lowest BCUT2D eigenvalue weighted by Crippen LogP contribution is -2.27. The van der Waals surface area contributed by atoms with Crippen LogP contribution in [0.1, 0.15) is 38.1 Å². The van der Waals surface area contributed by atoms with E-state index in [9.17, 15) is 9.59 Å². The van der Waals surface area contributed by atoms with E-state index in [-0.39, 0.29) is 17.6 Å². The van der Waals surface area contributed by atoms with Crippen molar-refractivity contribution in [3.8, 4) is 11.3 Å². The first-order valence-corrected chi connectivity index (χ1v) is 8.15. The molecule has 8 nitrogen and oxygen atoms in total. The van der Waals surface area contributed by atoms with Crippen LogP contribution in [0.15, 0.2) is 43.1 Å². The van der Waals surface area contributed by atoms with Gasteiger partial charge in [0, 0.05) is 18.0 Å². The van der Waals surface area contributed by atoms with Crippen molar-refractivity contribution in [3.63, 3.8) is 0 Å². The molecule has 0 aliphatic heterocycles. The van der Waals surface area contributed by atoms with Crippen LogP contribution in [0.3, 0.4) is 0 Å². The van der Waals surface area contributed by atoms with Gasteiger partial charge in [0.15, 0.2) is 0 Å². The van der Waals surface area contributed by atoms with Crippen LogP contribution in [0.25, 0.3) is 11.3 Å². The molecule has 0 fully saturated rings. The van der Waals surface area contributed by atoms with E-state index in [1.54, 1.807) is 31.5 Å². The Balaban J connectivity index is 1.75. The Hall–Kier alpha value is -3.20. The van der Waals surface area contributed by atoms with Crippen LogP contribution < -0.4 is 11.1 Å². The second kappa shape index (κ2) is 7.14. The molecule has 0 bridgehead atoms. The van der Waals surface area contributed by atoms with Crippen LogP contribution in [-0.4, -0.2) is 31.8 Å². The van der Waals surface area contributed by atoms with Gasteiger partial charge in [0.05, 0.1) is 17.9 Å². The normalized spacial score (nSPS) is 11.7. The molecule has 3 heterocycles. The molecule has 2 amide bonds. The maximum atomic E-state index is 12.4. The van der Waals surface area contributed by atoms with Crippen LogP contribution in [0.5, 0.6) is 0 Å². The van der Waals surface area contributed by atoms with Crippen molar-refractivity contribution in [2.24, 2.45) is 5.73 Å². The Labute approximate surface area is 147 Å². The number of primary amides is 1. The molecule has 0 aromatic carbocycles. The highest BCUT2D eigenvalue weighted by molar-refractivity contribution is 7.13. The highest BCUT2D eigenvalue weighted by Gasteiger charge is 2.17. The number of carbonyl (C=O) groups excluding carboxylic acids is 2. The first-order valence-electron chi connectivity index (χ1n) is 7.33. The van der Waals surface area contributed by atoms with Gasteiger partial charge in [-0.05, 0) is 25.1 Å². The predicted octanol–water partition coefficient (Wildman–Crippen LogP) is 1.58. The predicted molar refractivity (Wildman–Crippen MR) is 91.8 cm³/mol. The van der Waals surface area contributed by atoms with E-state index in [4.69, 9.17) is 5.73 Å². The zero-order chi connectivity index (χ0) is 17.8. The van der Waals surface area contributed by atoms with Gasteiger partial charge in [0.25, 0.3) is 11.8 Å². The van der Waals surface area contributed by atoms with Gasteiger partial charge in [-0.15, -0.1) is 11.3 Å². The number of nitrogens with zero attached hydrogens (tertiary/aromatic N) is 4. The third-order valence-electron chi connectivity index (χ3n) is 3.34. The van der Waals surface area contributed by atoms with Crippen molar-refractivity contribution in [2.45, 2.75) is 13.0 Å². The van der Waals surface area contributed by atoms with Crippen LogP contribution in [-0.2, 0) is 0 Å². The minimum Gasteiger partial charge on any atom is -0.365 e. The standard InChI is InChI=1S/C16H14N6O2S/c1-9(16-19-7-13(25-16)14(17)23)22-15(24)12-5-11(20-8-21-12)10-3-2-4-18-6-10/h2-9H,1H3,(H2,17,23)(H,22,24). The Morgan fingerprint density at radius 2 is 2.08 bits per heavy atom. The molecular weight excluding hydrogens is 340 g/mol. The number of hydrogen-bond acceptors (Lipinski definition) is 7. The zero-order valence-corrected chi connectivity index (χ0v) is 14.0. The number of nitrogens with one attached hydrogen (secondary N) is 1. The van der Waals surface area contributed by atoms with Crippen LogP contribution >= 0.6 is 11.3 Å². The van der Waals surface area contributed by atoms with Crippen molar-refractivity contribution in [2.75, 3.05) is 0 Å². The Morgan fingerprint density at radius 3 is 2.76 bits per heavy atom. The molecule has 0 aliphatic rings. The van der Waals surface area contributed by atoms with Gasteiger partial charge in [-0.25, -0.2) is 15.0 Å². The quantitative estimate of drug-likeness (QED) is 0.717. The fourth-order valence-corrected chi connectivity index (χ4v) is 2.86. The Kier molecular flexibility index (Phi) is 4.75. The van der Waals surface area contributed by atoms with E-state index in [0.717, 1.165) is 16.9 Å². The van der Waals surface area contributed by atoms with E-state index < -0.39 is 5.91 Å². The lowest BCUT2D eigenvalue weighted by atomic mass is 10.2. The highest BCUT2D eigenvalue weighted by atomic mass is 32.1. The minimum absolute atomic E-state index is 0.229. The van der Waals surface area contributed by atoms with Crippen molar-refractivity contribution in [1.82, 2.24) is 25.3 Å². The van der Waals surface area contributed by atoms with Gasteiger partial charge in [-0.3, -0.25) is 14.6 Å². The Morgan fingerprint density at radius 1 is 1.24 bits per heavy atom. The smallest absolute Gasteiger partial charge is 0.270 e. The molecule has 9 heteroatoms. The molecule has 0 saturated carbocycles. The number of pyridine rings is 1. The molecule has 3 aromatic rings. The molecule has 0 spiro atoms. The summed E-state index contributed by atoms with van der Waals surface area (Å²) in [6.07, 6.45) is 6.05. The molecule has 0 radical (unpaired) electrons. The van der Waals surface area contributed by atoms with E-state index >= 15 is 0 Å². The lowest BCUT2D eigenvalue weighted by Gasteiger charge is -2.11.